The molecule has 3 N–H and O–H groups in total. The first-order valence-corrected chi connectivity index (χ1v) is 8.22. The third-order valence-electron chi connectivity index (χ3n) is 3.37. The molecule has 1 fully saturated rings. The summed E-state index contributed by atoms with van der Waals surface area (Å²) < 4.78 is 33.2. The van der Waals surface area contributed by atoms with Crippen LogP contribution in [0.2, 0.25) is 0 Å². The Morgan fingerprint density at radius 2 is 2.25 bits per heavy atom. The van der Waals surface area contributed by atoms with Gasteiger partial charge in [0.25, 0.3) is 0 Å². The summed E-state index contributed by atoms with van der Waals surface area (Å²) in [5.41, 5.74) is 0.519. The van der Waals surface area contributed by atoms with Crippen LogP contribution in [0.15, 0.2) is 4.90 Å². The molecule has 2 rings (SSSR count). The number of hydrogen-bond acceptors (Lipinski definition) is 5. The van der Waals surface area contributed by atoms with Gasteiger partial charge in [0.15, 0.2) is 0 Å². The number of aromatic nitrogens is 2. The highest BCUT2D eigenvalue weighted by Crippen LogP contribution is 2.24. The van der Waals surface area contributed by atoms with Gasteiger partial charge in [-0.3, -0.25) is 5.10 Å². The fourth-order valence-electron chi connectivity index (χ4n) is 2.31. The molecule has 1 unspecified atom stereocenters. The van der Waals surface area contributed by atoms with Crippen LogP contribution >= 0.6 is 0 Å². The molecule has 1 aromatic heterocycles. The van der Waals surface area contributed by atoms with Crippen LogP contribution in [0.3, 0.4) is 0 Å². The van der Waals surface area contributed by atoms with Gasteiger partial charge in [-0.25, -0.2) is 13.1 Å². The summed E-state index contributed by atoms with van der Waals surface area (Å²) in [5.74, 6) is 0. The third kappa shape index (κ3) is 3.20. The molecule has 0 radical (unpaired) electrons. The van der Waals surface area contributed by atoms with Crippen molar-refractivity contribution in [1.82, 2.24) is 20.2 Å². The number of rotatable bonds is 6. The SMILES string of the molecule is CCNCc1n[nH]c(C)c1S(=O)(=O)NC1(C)CCOC1. The molecule has 1 aliphatic rings. The van der Waals surface area contributed by atoms with E-state index in [1.54, 1.807) is 6.92 Å². The fourth-order valence-corrected chi connectivity index (χ4v) is 4.10. The summed E-state index contributed by atoms with van der Waals surface area (Å²) in [6, 6.07) is 0. The zero-order valence-corrected chi connectivity index (χ0v) is 12.9. The quantitative estimate of drug-likeness (QED) is 0.701. The summed E-state index contributed by atoms with van der Waals surface area (Å²) in [5, 5.41) is 9.92. The van der Waals surface area contributed by atoms with Crippen LogP contribution in [-0.2, 0) is 21.3 Å². The largest absolute Gasteiger partial charge is 0.379 e. The van der Waals surface area contributed by atoms with Crippen molar-refractivity contribution >= 4 is 10.0 Å². The number of sulfonamides is 1. The van der Waals surface area contributed by atoms with E-state index in [4.69, 9.17) is 4.74 Å². The van der Waals surface area contributed by atoms with E-state index in [1.165, 1.54) is 0 Å². The van der Waals surface area contributed by atoms with Gasteiger partial charge in [-0.2, -0.15) is 5.10 Å². The predicted octanol–water partition coefficient (Wildman–Crippen LogP) is 0.285. The topological polar surface area (TPSA) is 96.1 Å². The Labute approximate surface area is 119 Å². The number of aryl methyl sites for hydroxylation is 1. The molecule has 0 saturated carbocycles. The number of aromatic amines is 1. The molecule has 1 atom stereocenters. The molecule has 1 aliphatic heterocycles. The van der Waals surface area contributed by atoms with Gasteiger partial charge in [0.2, 0.25) is 10.0 Å². The maximum atomic E-state index is 12.6. The molecule has 1 saturated heterocycles. The van der Waals surface area contributed by atoms with Crippen LogP contribution in [0.1, 0.15) is 31.7 Å². The average molecular weight is 302 g/mol. The Morgan fingerprint density at radius 1 is 1.50 bits per heavy atom. The maximum Gasteiger partial charge on any atom is 0.244 e. The lowest BCUT2D eigenvalue weighted by Crippen LogP contribution is -2.46. The molecule has 7 nitrogen and oxygen atoms in total. The van der Waals surface area contributed by atoms with Crippen molar-refractivity contribution in [3.63, 3.8) is 0 Å². The lowest BCUT2D eigenvalue weighted by atomic mass is 10.0. The Balaban J connectivity index is 2.26. The van der Waals surface area contributed by atoms with E-state index in [0.717, 1.165) is 6.54 Å². The lowest BCUT2D eigenvalue weighted by Gasteiger charge is -2.23. The minimum atomic E-state index is -3.61. The molecular weight excluding hydrogens is 280 g/mol. The van der Waals surface area contributed by atoms with Gasteiger partial charge in [0.1, 0.15) is 4.90 Å². The summed E-state index contributed by atoms with van der Waals surface area (Å²) in [4.78, 5) is 0.242. The highest BCUT2D eigenvalue weighted by molar-refractivity contribution is 7.89. The van der Waals surface area contributed by atoms with Gasteiger partial charge in [-0.1, -0.05) is 6.92 Å². The molecule has 0 aromatic carbocycles. The van der Waals surface area contributed by atoms with Crippen LogP contribution < -0.4 is 10.0 Å². The zero-order chi connectivity index (χ0) is 14.8. The first-order chi connectivity index (χ1) is 9.38. The molecule has 0 bridgehead atoms. The van der Waals surface area contributed by atoms with E-state index < -0.39 is 15.6 Å². The molecule has 114 valence electrons. The highest BCUT2D eigenvalue weighted by Gasteiger charge is 2.36. The second kappa shape index (κ2) is 5.80. The van der Waals surface area contributed by atoms with E-state index in [1.807, 2.05) is 13.8 Å². The van der Waals surface area contributed by atoms with Crippen molar-refractivity contribution in [3.05, 3.63) is 11.4 Å². The maximum absolute atomic E-state index is 12.6. The fraction of sp³-hybridized carbons (Fsp3) is 0.750. The minimum Gasteiger partial charge on any atom is -0.379 e. The van der Waals surface area contributed by atoms with Gasteiger partial charge >= 0.3 is 0 Å². The van der Waals surface area contributed by atoms with Gasteiger partial charge in [0, 0.05) is 13.2 Å². The molecule has 1 aromatic rings. The average Bonchev–Trinajstić information content (AvgIpc) is 2.92. The van der Waals surface area contributed by atoms with Crippen molar-refractivity contribution in [3.8, 4) is 0 Å². The van der Waals surface area contributed by atoms with Crippen LogP contribution in [0.5, 0.6) is 0 Å². The van der Waals surface area contributed by atoms with Gasteiger partial charge < -0.3 is 10.1 Å². The first-order valence-electron chi connectivity index (χ1n) is 6.74. The third-order valence-corrected chi connectivity index (χ3v) is 5.21. The number of hydrogen-bond donors (Lipinski definition) is 3. The van der Waals surface area contributed by atoms with E-state index in [2.05, 4.69) is 20.2 Å². The van der Waals surface area contributed by atoms with Crippen LogP contribution in [0.4, 0.5) is 0 Å². The van der Waals surface area contributed by atoms with Gasteiger partial charge in [-0.15, -0.1) is 0 Å². The molecule has 0 aliphatic carbocycles. The minimum absolute atomic E-state index is 0.242. The summed E-state index contributed by atoms with van der Waals surface area (Å²) in [6.07, 6.45) is 0.672. The zero-order valence-electron chi connectivity index (χ0n) is 12.1. The van der Waals surface area contributed by atoms with E-state index in [0.29, 0.717) is 37.6 Å². The Kier molecular flexibility index (Phi) is 4.48. The van der Waals surface area contributed by atoms with Crippen LogP contribution in [0.25, 0.3) is 0 Å². The number of ether oxygens (including phenoxy) is 1. The van der Waals surface area contributed by atoms with Crippen molar-refractivity contribution < 1.29 is 13.2 Å². The normalized spacial score (nSPS) is 23.4. The molecule has 20 heavy (non-hydrogen) atoms. The lowest BCUT2D eigenvalue weighted by molar-refractivity contribution is 0.178. The predicted molar refractivity (Wildman–Crippen MR) is 74.9 cm³/mol. The van der Waals surface area contributed by atoms with E-state index in [9.17, 15) is 8.42 Å². The van der Waals surface area contributed by atoms with Crippen molar-refractivity contribution in [1.29, 1.82) is 0 Å². The van der Waals surface area contributed by atoms with E-state index >= 15 is 0 Å². The molecule has 8 heteroatoms. The smallest absolute Gasteiger partial charge is 0.244 e. The summed E-state index contributed by atoms with van der Waals surface area (Å²) in [6.45, 7) is 7.68. The van der Waals surface area contributed by atoms with Crippen LogP contribution in [0, 0.1) is 6.92 Å². The van der Waals surface area contributed by atoms with Gasteiger partial charge in [0.05, 0.1) is 23.5 Å². The monoisotopic (exact) mass is 302 g/mol. The van der Waals surface area contributed by atoms with Crippen molar-refractivity contribution in [2.24, 2.45) is 0 Å². The van der Waals surface area contributed by atoms with Crippen molar-refractivity contribution in [2.45, 2.75) is 44.2 Å². The van der Waals surface area contributed by atoms with E-state index in [-0.39, 0.29) is 4.90 Å². The Hall–Kier alpha value is -0.960. The summed E-state index contributed by atoms with van der Waals surface area (Å²) >= 11 is 0. The highest BCUT2D eigenvalue weighted by atomic mass is 32.2. The molecule has 0 amide bonds. The Morgan fingerprint density at radius 3 is 2.85 bits per heavy atom. The number of nitrogens with zero attached hydrogens (tertiary/aromatic N) is 1. The Bertz CT molecular complexity index is 561. The molecule has 0 spiro atoms. The summed E-state index contributed by atoms with van der Waals surface area (Å²) in [7, 11) is -3.61. The molecule has 2 heterocycles. The second-order valence-electron chi connectivity index (χ2n) is 5.37. The second-order valence-corrected chi connectivity index (χ2v) is 6.99. The van der Waals surface area contributed by atoms with Gasteiger partial charge in [-0.05, 0) is 26.8 Å². The number of nitrogens with one attached hydrogen (secondary N) is 3. The van der Waals surface area contributed by atoms with Crippen LogP contribution in [-0.4, -0.2) is 43.9 Å². The standard InChI is InChI=1S/C12H22N4O3S/c1-4-13-7-10-11(9(2)14-15-10)20(17,18)16-12(3)5-6-19-8-12/h13,16H,4-8H2,1-3H3,(H,14,15). The molecular formula is C12H22N4O3S. The number of H-pyrrole nitrogens is 1. The first kappa shape index (κ1) is 15.4. The van der Waals surface area contributed by atoms with Crippen molar-refractivity contribution in [2.75, 3.05) is 19.8 Å².